The van der Waals surface area contributed by atoms with Crippen molar-refractivity contribution in [2.45, 2.75) is 126 Å². The maximum absolute atomic E-state index is 11.8. The van der Waals surface area contributed by atoms with Crippen LogP contribution in [-0.4, -0.2) is 12.1 Å². The molecule has 0 aromatic heterocycles. The van der Waals surface area contributed by atoms with Crippen LogP contribution >= 0.6 is 0 Å². The molecule has 8 atom stereocenters. The Morgan fingerprint density at radius 3 is 2.39 bits per heavy atom. The Hall–Kier alpha value is -0.790. The molecular formula is C31H52O2. The minimum atomic E-state index is -0.126. The van der Waals surface area contributed by atoms with Gasteiger partial charge in [0.15, 0.2) is 0 Å². The van der Waals surface area contributed by atoms with E-state index in [0.29, 0.717) is 5.41 Å². The second-order valence-corrected chi connectivity index (χ2v) is 14.0. The van der Waals surface area contributed by atoms with E-state index in [1.165, 1.54) is 57.8 Å². The predicted octanol–water partition coefficient (Wildman–Crippen LogP) is 8.60. The Kier molecular flexibility index (Phi) is 6.91. The molecule has 4 aliphatic carbocycles. The third-order valence-corrected chi connectivity index (χ3v) is 11.4. The van der Waals surface area contributed by atoms with E-state index in [2.05, 4.69) is 54.5 Å². The molecule has 0 aliphatic heterocycles. The average Bonchev–Trinajstić information content (AvgIpc) is 3.07. The third-order valence-electron chi connectivity index (χ3n) is 11.4. The molecule has 0 heterocycles. The van der Waals surface area contributed by atoms with E-state index in [1.54, 1.807) is 12.5 Å². The van der Waals surface area contributed by atoms with Gasteiger partial charge < -0.3 is 4.74 Å². The Bertz CT molecular complexity index is 763. The average molecular weight is 457 g/mol. The van der Waals surface area contributed by atoms with E-state index >= 15 is 0 Å². The van der Waals surface area contributed by atoms with Crippen molar-refractivity contribution in [3.63, 3.8) is 0 Å². The lowest BCUT2D eigenvalue weighted by atomic mass is 9.44. The normalized spacial score (nSPS) is 42.7. The summed E-state index contributed by atoms with van der Waals surface area (Å²) >= 11 is 0. The zero-order chi connectivity index (χ0) is 24.2. The monoisotopic (exact) mass is 456 g/mol. The van der Waals surface area contributed by atoms with E-state index in [1.807, 2.05) is 0 Å². The van der Waals surface area contributed by atoms with E-state index < -0.39 is 0 Å². The standard InChI is InChI=1S/C31H52O2/c1-20(2)10-9-11-21(3)24-13-14-25-23-12-15-27-29(5,6)28(33-22(4)32)17-19-31(27,8)26(23)16-18-30(24,25)7/h15,20-21,23-26,28H,9-14,16-19H2,1-8H3/t21-,23+,24-,25+,26+,28?,30-,31-/m1/s1. The fourth-order valence-corrected chi connectivity index (χ4v) is 9.81. The molecule has 0 bridgehead atoms. The zero-order valence-electron chi connectivity index (χ0n) is 23.0. The molecule has 0 saturated heterocycles. The van der Waals surface area contributed by atoms with Crippen LogP contribution in [0.15, 0.2) is 11.6 Å². The summed E-state index contributed by atoms with van der Waals surface area (Å²) in [5.41, 5.74) is 2.39. The highest BCUT2D eigenvalue weighted by molar-refractivity contribution is 5.66. The number of esters is 1. The van der Waals surface area contributed by atoms with Gasteiger partial charge in [-0.15, -0.1) is 0 Å². The van der Waals surface area contributed by atoms with Gasteiger partial charge in [0, 0.05) is 12.3 Å². The zero-order valence-corrected chi connectivity index (χ0v) is 23.0. The van der Waals surface area contributed by atoms with Crippen molar-refractivity contribution in [1.29, 1.82) is 0 Å². The highest BCUT2D eigenvalue weighted by Gasteiger charge is 2.61. The summed E-state index contributed by atoms with van der Waals surface area (Å²) in [6, 6.07) is 0. The van der Waals surface area contributed by atoms with Crippen LogP contribution in [0.4, 0.5) is 0 Å². The van der Waals surface area contributed by atoms with Crippen molar-refractivity contribution in [3.05, 3.63) is 11.6 Å². The van der Waals surface area contributed by atoms with Gasteiger partial charge in [0.25, 0.3) is 0 Å². The highest BCUT2D eigenvalue weighted by atomic mass is 16.5. The number of carbonyl (C=O) groups is 1. The second-order valence-electron chi connectivity index (χ2n) is 14.0. The maximum atomic E-state index is 11.8. The third kappa shape index (κ3) is 4.24. The Labute approximate surface area is 204 Å². The van der Waals surface area contributed by atoms with Gasteiger partial charge in [-0.2, -0.15) is 0 Å². The summed E-state index contributed by atoms with van der Waals surface area (Å²) in [4.78, 5) is 11.8. The Balaban J connectivity index is 1.53. The molecule has 4 rings (SSSR count). The van der Waals surface area contributed by atoms with Crippen molar-refractivity contribution in [2.24, 2.45) is 51.8 Å². The first kappa shape index (κ1) is 25.3. The molecule has 1 unspecified atom stereocenters. The number of allylic oxidation sites excluding steroid dienone is 1. The summed E-state index contributed by atoms with van der Waals surface area (Å²) in [6.07, 6.45) is 16.1. The first-order valence-electron chi connectivity index (χ1n) is 14.3. The first-order valence-corrected chi connectivity index (χ1v) is 14.3. The van der Waals surface area contributed by atoms with Gasteiger partial charge in [-0.25, -0.2) is 0 Å². The van der Waals surface area contributed by atoms with Crippen molar-refractivity contribution in [1.82, 2.24) is 0 Å². The van der Waals surface area contributed by atoms with Crippen LogP contribution in [0, 0.1) is 51.8 Å². The molecule has 0 aromatic carbocycles. The summed E-state index contributed by atoms with van der Waals surface area (Å²) in [6.45, 7) is 18.8. The quantitative estimate of drug-likeness (QED) is 0.295. The number of carbonyl (C=O) groups excluding carboxylic acids is 1. The van der Waals surface area contributed by atoms with E-state index in [4.69, 9.17) is 4.74 Å². The predicted molar refractivity (Wildman–Crippen MR) is 138 cm³/mol. The lowest BCUT2D eigenvalue weighted by Crippen LogP contribution is -2.55. The molecular weight excluding hydrogens is 404 g/mol. The number of hydrogen-bond acceptors (Lipinski definition) is 2. The van der Waals surface area contributed by atoms with Crippen molar-refractivity contribution in [3.8, 4) is 0 Å². The van der Waals surface area contributed by atoms with Gasteiger partial charge in [0.05, 0.1) is 0 Å². The minimum absolute atomic E-state index is 0.0299. The van der Waals surface area contributed by atoms with Gasteiger partial charge in [0.1, 0.15) is 6.10 Å². The summed E-state index contributed by atoms with van der Waals surface area (Å²) in [5.74, 6) is 5.07. The molecule has 188 valence electrons. The van der Waals surface area contributed by atoms with Crippen LogP contribution < -0.4 is 0 Å². The lowest BCUT2D eigenvalue weighted by molar-refractivity contribution is -0.157. The fraction of sp³-hybridized carbons (Fsp3) is 0.903. The summed E-state index contributed by atoms with van der Waals surface area (Å²) < 4.78 is 5.83. The molecule has 3 fully saturated rings. The van der Waals surface area contributed by atoms with Crippen molar-refractivity contribution < 1.29 is 9.53 Å². The number of fused-ring (bicyclic) bond motifs is 5. The van der Waals surface area contributed by atoms with Crippen LogP contribution in [0.5, 0.6) is 0 Å². The van der Waals surface area contributed by atoms with Crippen LogP contribution in [-0.2, 0) is 9.53 Å². The van der Waals surface area contributed by atoms with Crippen LogP contribution in [0.3, 0.4) is 0 Å². The SMILES string of the molecule is CC(=O)OC1CC[C@@]2(C)C(=CC[C@H]3[C@@H]4CC[C@H]([C@H](C)CCCC(C)C)[C@@]4(C)CC[C@@H]32)C1(C)C. The molecule has 0 amide bonds. The molecule has 2 nitrogen and oxygen atoms in total. The first-order chi connectivity index (χ1) is 15.4. The van der Waals surface area contributed by atoms with E-state index in [-0.39, 0.29) is 22.9 Å². The molecule has 2 heteroatoms. The molecule has 0 N–H and O–H groups in total. The summed E-state index contributed by atoms with van der Waals surface area (Å²) in [7, 11) is 0. The van der Waals surface area contributed by atoms with E-state index in [0.717, 1.165) is 41.9 Å². The van der Waals surface area contributed by atoms with Crippen molar-refractivity contribution >= 4 is 5.97 Å². The molecule has 0 radical (unpaired) electrons. The fourth-order valence-electron chi connectivity index (χ4n) is 9.81. The maximum Gasteiger partial charge on any atom is 0.302 e. The smallest absolute Gasteiger partial charge is 0.302 e. The number of rotatable bonds is 6. The Morgan fingerprint density at radius 2 is 1.73 bits per heavy atom. The van der Waals surface area contributed by atoms with Crippen LogP contribution in [0.2, 0.25) is 0 Å². The molecule has 4 aliphatic rings. The number of hydrogen-bond donors (Lipinski definition) is 0. The Morgan fingerprint density at radius 1 is 1.00 bits per heavy atom. The number of ether oxygens (including phenoxy) is 1. The lowest BCUT2D eigenvalue weighted by Gasteiger charge is -2.61. The topological polar surface area (TPSA) is 26.3 Å². The molecule has 3 saturated carbocycles. The van der Waals surface area contributed by atoms with Gasteiger partial charge in [-0.1, -0.05) is 79.4 Å². The van der Waals surface area contributed by atoms with Crippen molar-refractivity contribution in [2.75, 3.05) is 0 Å². The largest absolute Gasteiger partial charge is 0.462 e. The minimum Gasteiger partial charge on any atom is -0.462 e. The van der Waals surface area contributed by atoms with E-state index in [9.17, 15) is 4.79 Å². The van der Waals surface area contributed by atoms with Gasteiger partial charge >= 0.3 is 5.97 Å². The highest BCUT2D eigenvalue weighted by Crippen LogP contribution is 2.69. The van der Waals surface area contributed by atoms with Gasteiger partial charge in [-0.05, 0) is 91.3 Å². The molecule has 33 heavy (non-hydrogen) atoms. The van der Waals surface area contributed by atoms with Gasteiger partial charge in [0.2, 0.25) is 0 Å². The molecule has 0 spiro atoms. The van der Waals surface area contributed by atoms with Gasteiger partial charge in [-0.3, -0.25) is 4.79 Å². The van der Waals surface area contributed by atoms with Crippen LogP contribution in [0.1, 0.15) is 120 Å². The second kappa shape index (κ2) is 9.02. The van der Waals surface area contributed by atoms with Crippen LogP contribution in [0.25, 0.3) is 0 Å². The molecule has 0 aromatic rings. The summed E-state index contributed by atoms with van der Waals surface area (Å²) in [5, 5.41) is 0.